The molecule has 0 aliphatic rings. The second kappa shape index (κ2) is 3.79. The molecule has 0 saturated carbocycles. The van der Waals surface area contributed by atoms with Crippen molar-refractivity contribution in [2.24, 2.45) is 0 Å². The van der Waals surface area contributed by atoms with Crippen molar-refractivity contribution in [2.75, 3.05) is 0 Å². The van der Waals surface area contributed by atoms with Gasteiger partial charge >= 0.3 is 0 Å². The zero-order chi connectivity index (χ0) is 9.42. The van der Waals surface area contributed by atoms with Crippen LogP contribution in [0.2, 0.25) is 0 Å². The maximum Gasteiger partial charge on any atom is 0.0489 e. The van der Waals surface area contributed by atoms with Gasteiger partial charge in [0.25, 0.3) is 0 Å². The number of aryl methyl sites for hydroxylation is 1. The molecule has 1 heterocycles. The Labute approximate surface area is 101 Å². The van der Waals surface area contributed by atoms with Crippen LogP contribution in [0.25, 0.3) is 10.1 Å². The molecule has 2 aromatic rings. The molecule has 1 aromatic heterocycles. The van der Waals surface area contributed by atoms with Crippen LogP contribution < -0.4 is 0 Å². The summed E-state index contributed by atoms with van der Waals surface area (Å²) in [6.45, 7) is 2.19. The summed E-state index contributed by atoms with van der Waals surface area (Å²) in [4.78, 5) is 2.54. The Kier molecular flexibility index (Phi) is 2.86. The fourth-order valence-corrected chi connectivity index (χ4v) is 3.46. The number of thiol groups is 1. The van der Waals surface area contributed by atoms with E-state index < -0.39 is 0 Å². The number of fused-ring (bicyclic) bond motifs is 1. The first-order chi connectivity index (χ1) is 6.22. The summed E-state index contributed by atoms with van der Waals surface area (Å²) in [6, 6.07) is 6.47. The van der Waals surface area contributed by atoms with Gasteiger partial charge < -0.3 is 0 Å². The highest BCUT2D eigenvalue weighted by molar-refractivity contribution is 14.1. The van der Waals surface area contributed by atoms with Gasteiger partial charge in [0.05, 0.1) is 0 Å². The normalized spacial score (nSPS) is 11.0. The molecule has 0 amide bonds. The number of hydrogen-bond acceptors (Lipinski definition) is 2. The van der Waals surface area contributed by atoms with E-state index in [4.69, 9.17) is 0 Å². The summed E-state index contributed by atoms with van der Waals surface area (Å²) in [6.07, 6.45) is 1.11. The highest BCUT2D eigenvalue weighted by atomic mass is 127. The Morgan fingerprint density at radius 3 is 2.85 bits per heavy atom. The number of hydrogen-bond donors (Lipinski definition) is 1. The van der Waals surface area contributed by atoms with E-state index in [1.54, 1.807) is 0 Å². The van der Waals surface area contributed by atoms with E-state index >= 15 is 0 Å². The maximum atomic E-state index is 4.46. The second-order valence-electron chi connectivity index (χ2n) is 2.88. The Balaban J connectivity index is 2.80. The molecule has 3 heteroatoms. The molecular weight excluding hydrogens is 311 g/mol. The van der Waals surface area contributed by atoms with Gasteiger partial charge in [-0.05, 0) is 47.2 Å². The summed E-state index contributed by atoms with van der Waals surface area (Å²) in [5.41, 5.74) is 0. The van der Waals surface area contributed by atoms with Gasteiger partial charge in [0.2, 0.25) is 0 Å². The van der Waals surface area contributed by atoms with Crippen LogP contribution >= 0.6 is 46.6 Å². The molecule has 0 bridgehead atoms. The lowest BCUT2D eigenvalue weighted by atomic mass is 10.2. The van der Waals surface area contributed by atoms with Crippen LogP contribution in [0.3, 0.4) is 0 Å². The third-order valence-corrected chi connectivity index (χ3v) is 4.79. The van der Waals surface area contributed by atoms with Gasteiger partial charge in [-0.1, -0.05) is 6.92 Å². The Hall–Kier alpha value is 0.260. The van der Waals surface area contributed by atoms with Crippen LogP contribution in [-0.4, -0.2) is 0 Å². The van der Waals surface area contributed by atoms with Gasteiger partial charge in [-0.25, -0.2) is 0 Å². The molecule has 0 saturated heterocycles. The van der Waals surface area contributed by atoms with Crippen molar-refractivity contribution in [3.05, 3.63) is 26.6 Å². The summed E-state index contributed by atoms with van der Waals surface area (Å²) < 4.78 is 2.65. The van der Waals surface area contributed by atoms with E-state index in [-0.39, 0.29) is 0 Å². The molecule has 13 heavy (non-hydrogen) atoms. The first kappa shape index (κ1) is 9.80. The van der Waals surface area contributed by atoms with Crippen molar-refractivity contribution in [3.63, 3.8) is 0 Å². The summed E-state index contributed by atoms with van der Waals surface area (Å²) in [7, 11) is 0. The van der Waals surface area contributed by atoms with Crippen LogP contribution in [0.5, 0.6) is 0 Å². The van der Waals surface area contributed by atoms with Crippen LogP contribution in [0.15, 0.2) is 23.1 Å². The third-order valence-electron chi connectivity index (χ3n) is 2.01. The molecule has 0 aliphatic heterocycles. The quantitative estimate of drug-likeness (QED) is 0.586. The molecule has 2 rings (SSSR count). The molecular formula is C10H9IS2. The zero-order valence-corrected chi connectivity index (χ0v) is 11.0. The van der Waals surface area contributed by atoms with E-state index in [0.29, 0.717) is 0 Å². The lowest BCUT2D eigenvalue weighted by molar-refractivity contribution is 1.19. The van der Waals surface area contributed by atoms with Crippen molar-refractivity contribution >= 4 is 56.6 Å². The van der Waals surface area contributed by atoms with E-state index in [1.165, 1.54) is 18.5 Å². The van der Waals surface area contributed by atoms with Gasteiger partial charge in [-0.2, -0.15) is 0 Å². The largest absolute Gasteiger partial charge is 0.142 e. The van der Waals surface area contributed by atoms with Gasteiger partial charge in [0.1, 0.15) is 0 Å². The molecule has 0 nitrogen and oxygen atoms in total. The topological polar surface area (TPSA) is 0 Å². The predicted octanol–water partition coefficient (Wildman–Crippen LogP) is 4.36. The predicted molar refractivity (Wildman–Crippen MR) is 71.2 cm³/mol. The highest BCUT2D eigenvalue weighted by Crippen LogP contribution is 2.33. The minimum Gasteiger partial charge on any atom is -0.142 e. The van der Waals surface area contributed by atoms with Crippen LogP contribution in [0.4, 0.5) is 0 Å². The Bertz CT molecular complexity index is 406. The van der Waals surface area contributed by atoms with Crippen molar-refractivity contribution in [1.82, 2.24) is 0 Å². The highest BCUT2D eigenvalue weighted by Gasteiger charge is 2.06. The summed E-state index contributed by atoms with van der Waals surface area (Å²) >= 11 is 8.69. The summed E-state index contributed by atoms with van der Waals surface area (Å²) in [5.74, 6) is 0. The molecule has 0 radical (unpaired) electrons. The van der Waals surface area contributed by atoms with Crippen LogP contribution in [-0.2, 0) is 6.42 Å². The molecule has 0 fully saturated rings. The van der Waals surface area contributed by atoms with Crippen LogP contribution in [0.1, 0.15) is 11.8 Å². The van der Waals surface area contributed by atoms with Crippen LogP contribution in [0, 0.1) is 3.57 Å². The fourth-order valence-electron chi connectivity index (χ4n) is 1.30. The number of thiophene rings is 1. The van der Waals surface area contributed by atoms with E-state index in [0.717, 1.165) is 11.3 Å². The van der Waals surface area contributed by atoms with Gasteiger partial charge in [0, 0.05) is 23.4 Å². The molecule has 0 N–H and O–H groups in total. The van der Waals surface area contributed by atoms with Crippen molar-refractivity contribution in [3.8, 4) is 0 Å². The SMILES string of the molecule is CCc1cc2c(I)ccc(S)c2s1. The third kappa shape index (κ3) is 1.74. The Morgan fingerprint density at radius 1 is 1.46 bits per heavy atom. The van der Waals surface area contributed by atoms with Crippen molar-refractivity contribution < 1.29 is 0 Å². The van der Waals surface area contributed by atoms with E-state index in [2.05, 4.69) is 60.3 Å². The molecule has 0 spiro atoms. The minimum absolute atomic E-state index is 1.10. The average molecular weight is 320 g/mol. The number of rotatable bonds is 1. The monoisotopic (exact) mass is 320 g/mol. The fraction of sp³-hybridized carbons (Fsp3) is 0.200. The number of halogens is 1. The molecule has 0 unspecified atom stereocenters. The van der Waals surface area contributed by atoms with Gasteiger partial charge in [-0.15, -0.1) is 24.0 Å². The average Bonchev–Trinajstić information content (AvgIpc) is 2.56. The van der Waals surface area contributed by atoms with Gasteiger partial charge in [0.15, 0.2) is 0 Å². The van der Waals surface area contributed by atoms with E-state index in [9.17, 15) is 0 Å². The molecule has 68 valence electrons. The standard InChI is InChI=1S/C10H9IS2/c1-2-6-5-7-8(11)3-4-9(12)10(7)13-6/h3-5,12H,2H2,1H3. The minimum atomic E-state index is 1.10. The van der Waals surface area contributed by atoms with E-state index in [1.807, 2.05) is 11.3 Å². The number of benzene rings is 1. The first-order valence-electron chi connectivity index (χ1n) is 4.12. The molecule has 0 aliphatic carbocycles. The van der Waals surface area contributed by atoms with Gasteiger partial charge in [-0.3, -0.25) is 0 Å². The lowest BCUT2D eigenvalue weighted by Crippen LogP contribution is -1.72. The summed E-state index contributed by atoms with van der Waals surface area (Å²) in [5, 5.41) is 1.36. The Morgan fingerprint density at radius 2 is 2.23 bits per heavy atom. The lowest BCUT2D eigenvalue weighted by Gasteiger charge is -1.95. The molecule has 0 atom stereocenters. The first-order valence-corrected chi connectivity index (χ1v) is 6.46. The smallest absolute Gasteiger partial charge is 0.0489 e. The maximum absolute atomic E-state index is 4.46. The molecule has 1 aromatic carbocycles. The second-order valence-corrected chi connectivity index (χ2v) is 5.66. The van der Waals surface area contributed by atoms with Crippen molar-refractivity contribution in [1.29, 1.82) is 0 Å². The van der Waals surface area contributed by atoms with Crippen molar-refractivity contribution in [2.45, 2.75) is 18.2 Å². The zero-order valence-electron chi connectivity index (χ0n) is 7.17.